The Bertz CT molecular complexity index is 1500. The second-order valence-electron chi connectivity index (χ2n) is 6.21. The molecule has 6 N–H and O–H groups in total. The van der Waals surface area contributed by atoms with E-state index in [-0.39, 0.29) is 34.2 Å². The number of carbonyl (C=O) groups excluding carboxylic acids is 1. The second-order valence-corrected chi connectivity index (χ2v) is 7.01. The molecule has 2 aromatic carbocycles. The van der Waals surface area contributed by atoms with Crippen LogP contribution in [0.2, 0.25) is 0 Å². The molecule has 0 bridgehead atoms. The molecule has 0 spiro atoms. The molecule has 0 radical (unpaired) electrons. The molecule has 3 aromatic rings. The van der Waals surface area contributed by atoms with Gasteiger partial charge in [0, 0.05) is 12.1 Å². The molecule has 0 saturated carbocycles. The molecule has 1 aromatic heterocycles. The molecule has 3 rings (SSSR count). The molecule has 0 unspecified atom stereocenters. The van der Waals surface area contributed by atoms with Crippen LogP contribution in [0.5, 0.6) is 0 Å². The lowest BCUT2D eigenvalue weighted by molar-refractivity contribution is 0.169. The number of halogens is 4. The van der Waals surface area contributed by atoms with Gasteiger partial charge in [-0.25, -0.2) is 42.2 Å². The Balaban J connectivity index is 0.000000687. The standard InChI is InChI=1S/C10H8F2N4O2S.C9H4F2N4OS.CH4.H2O/c1-18-10(17)16-15-9(19)14-8-3-6(11)5(4-13)2-7(8)12;10-5-2-7(6(11)1-4(5)3-12)15-8(16)13-14-9(15)17;;/h2-3H,1H3,(H,16,17)(H2,14,15,19);1-2H,(H,13,16)(H,14,17);1H4;1H2/p-1. The van der Waals surface area contributed by atoms with Crippen LogP contribution in [0, 0.1) is 50.7 Å². The second kappa shape index (κ2) is 14.7. The van der Waals surface area contributed by atoms with E-state index in [0.717, 1.165) is 29.9 Å². The monoisotopic (exact) mass is 573 g/mol. The first-order valence-electron chi connectivity index (χ1n) is 9.11. The summed E-state index contributed by atoms with van der Waals surface area (Å²) in [4.78, 5) is 22.0. The van der Waals surface area contributed by atoms with E-state index in [2.05, 4.69) is 25.7 Å². The number of methoxy groups -OCH3 is 1. The number of carbonyl (C=O) groups is 1. The molecule has 1 heterocycles. The number of thiocarbonyl (C=S) groups is 1. The van der Waals surface area contributed by atoms with Crippen LogP contribution in [-0.4, -0.2) is 38.6 Å². The number of nitrogens with one attached hydrogen (secondary N) is 5. The third kappa shape index (κ3) is 8.13. The van der Waals surface area contributed by atoms with Crippen molar-refractivity contribution >= 4 is 41.3 Å². The summed E-state index contributed by atoms with van der Waals surface area (Å²) in [5, 5.41) is 23.6. The quantitative estimate of drug-likeness (QED) is 0.173. The van der Waals surface area contributed by atoms with Crippen LogP contribution in [0.15, 0.2) is 29.1 Å². The van der Waals surface area contributed by atoms with Gasteiger partial charge in [0.15, 0.2) is 5.11 Å². The van der Waals surface area contributed by atoms with Gasteiger partial charge in [-0.15, -0.1) is 0 Å². The molecule has 202 valence electrons. The maximum Gasteiger partial charge on any atom is 0.425 e. The van der Waals surface area contributed by atoms with Crippen LogP contribution in [0.3, 0.4) is 0 Å². The smallest absolute Gasteiger partial charge is 0.425 e. The number of rotatable bonds is 2. The zero-order chi connectivity index (χ0) is 27.0. The topological polar surface area (TPSA) is 194 Å². The van der Waals surface area contributed by atoms with Crippen molar-refractivity contribution < 1.29 is 32.6 Å². The molecule has 0 atom stereocenters. The molecule has 0 aliphatic rings. The SMILES string of the molecule is C.COC(=O)NNC(=S)Nc1cc(F)c(C#N)cc1F.N#Cc1cc(F)c(-n2c(=O)[nH][nH]c2=S)cc1F.[OH-]. The molecule has 12 nitrogen and oxygen atoms in total. The van der Waals surface area contributed by atoms with Crippen molar-refractivity contribution in [2.75, 3.05) is 12.4 Å². The number of ether oxygens (including phenoxy) is 1. The van der Waals surface area contributed by atoms with E-state index in [9.17, 15) is 27.2 Å². The highest BCUT2D eigenvalue weighted by Crippen LogP contribution is 2.19. The highest BCUT2D eigenvalue weighted by molar-refractivity contribution is 7.80. The molecule has 0 aliphatic carbocycles. The number of hydrogen-bond acceptors (Lipinski definition) is 8. The highest BCUT2D eigenvalue weighted by atomic mass is 32.1. The first-order chi connectivity index (χ1) is 17.0. The van der Waals surface area contributed by atoms with Crippen molar-refractivity contribution in [2.45, 2.75) is 7.43 Å². The summed E-state index contributed by atoms with van der Waals surface area (Å²) in [5.41, 5.74) is 2.01. The van der Waals surface area contributed by atoms with E-state index in [0.29, 0.717) is 6.07 Å². The number of aromatic amines is 2. The molecular weight excluding hydrogens is 556 g/mol. The lowest BCUT2D eigenvalue weighted by Crippen LogP contribution is -2.43. The van der Waals surface area contributed by atoms with Crippen molar-refractivity contribution in [3.05, 3.63) is 73.9 Å². The first kappa shape index (κ1) is 33.2. The van der Waals surface area contributed by atoms with Crippen LogP contribution in [0.4, 0.5) is 28.0 Å². The van der Waals surface area contributed by atoms with Crippen molar-refractivity contribution in [3.63, 3.8) is 0 Å². The number of amides is 1. The van der Waals surface area contributed by atoms with Crippen molar-refractivity contribution in [1.29, 1.82) is 10.5 Å². The van der Waals surface area contributed by atoms with Gasteiger partial charge in [-0.3, -0.25) is 10.5 Å². The summed E-state index contributed by atoms with van der Waals surface area (Å²) in [6.07, 6.45) is -0.810. The molecular formula is C20H17F4N8O4S2-. The number of nitriles is 2. The van der Waals surface area contributed by atoms with Crippen LogP contribution >= 0.6 is 24.4 Å². The minimum atomic E-state index is -0.925. The van der Waals surface area contributed by atoms with Gasteiger partial charge < -0.3 is 15.5 Å². The summed E-state index contributed by atoms with van der Waals surface area (Å²) in [6.45, 7) is 0. The Morgan fingerprint density at radius 1 is 0.974 bits per heavy atom. The maximum absolute atomic E-state index is 13.6. The molecule has 18 heteroatoms. The van der Waals surface area contributed by atoms with E-state index >= 15 is 0 Å². The zero-order valence-electron chi connectivity index (χ0n) is 18.2. The van der Waals surface area contributed by atoms with Gasteiger partial charge in [0.1, 0.15) is 35.4 Å². The van der Waals surface area contributed by atoms with E-state index in [4.69, 9.17) is 35.0 Å². The Hall–Kier alpha value is -4.78. The largest absolute Gasteiger partial charge is 0.870 e. The fourth-order valence-corrected chi connectivity index (χ4v) is 2.76. The Kier molecular flexibility index (Phi) is 12.9. The number of nitrogens with zero attached hydrogens (tertiary/aromatic N) is 3. The Labute approximate surface area is 221 Å². The van der Waals surface area contributed by atoms with Crippen molar-refractivity contribution in [2.24, 2.45) is 0 Å². The summed E-state index contributed by atoms with van der Waals surface area (Å²) in [5.74, 6) is -3.59. The number of aromatic nitrogens is 3. The average Bonchev–Trinajstić information content (AvgIpc) is 3.18. The fourth-order valence-electron chi connectivity index (χ4n) is 2.36. The Morgan fingerprint density at radius 3 is 2.03 bits per heavy atom. The molecule has 0 aliphatic heterocycles. The van der Waals surface area contributed by atoms with Gasteiger partial charge in [0.05, 0.1) is 29.6 Å². The van der Waals surface area contributed by atoms with Gasteiger partial charge >= 0.3 is 11.8 Å². The number of hydrazine groups is 1. The minimum absolute atomic E-state index is 0. The van der Waals surface area contributed by atoms with Gasteiger partial charge in [-0.05, 0) is 36.6 Å². The summed E-state index contributed by atoms with van der Waals surface area (Å²) >= 11 is 9.46. The molecule has 38 heavy (non-hydrogen) atoms. The van der Waals surface area contributed by atoms with Crippen molar-refractivity contribution in [1.82, 2.24) is 25.6 Å². The lowest BCUT2D eigenvalue weighted by atomic mass is 10.2. The average molecular weight is 574 g/mol. The number of H-pyrrole nitrogens is 2. The number of benzene rings is 2. The van der Waals surface area contributed by atoms with Gasteiger partial charge in [0.25, 0.3) is 0 Å². The predicted octanol–water partition coefficient (Wildman–Crippen LogP) is 3.23. The van der Waals surface area contributed by atoms with Crippen LogP contribution in [0.1, 0.15) is 18.6 Å². The lowest BCUT2D eigenvalue weighted by Gasteiger charge is -2.11. The number of anilines is 1. The Morgan fingerprint density at radius 2 is 1.53 bits per heavy atom. The van der Waals surface area contributed by atoms with Crippen molar-refractivity contribution in [3.8, 4) is 17.8 Å². The van der Waals surface area contributed by atoms with Gasteiger partial charge in [-0.1, -0.05) is 7.43 Å². The van der Waals surface area contributed by atoms with Crippen LogP contribution in [0.25, 0.3) is 5.69 Å². The fraction of sp³-hybridized carbons (Fsp3) is 0.100. The van der Waals surface area contributed by atoms with E-state index < -0.39 is 46.2 Å². The number of hydrogen-bond donors (Lipinski definition) is 5. The zero-order valence-corrected chi connectivity index (χ0v) is 19.8. The van der Waals surface area contributed by atoms with E-state index in [1.165, 1.54) is 12.1 Å². The third-order valence-electron chi connectivity index (χ3n) is 3.97. The predicted molar refractivity (Wildman–Crippen MR) is 131 cm³/mol. The molecule has 0 fully saturated rings. The van der Waals surface area contributed by atoms with Crippen LogP contribution < -0.4 is 21.9 Å². The van der Waals surface area contributed by atoms with Crippen LogP contribution in [-0.2, 0) is 4.74 Å². The van der Waals surface area contributed by atoms with E-state index in [1.54, 1.807) is 0 Å². The summed E-state index contributed by atoms with van der Waals surface area (Å²) in [6, 6.07) is 5.95. The summed E-state index contributed by atoms with van der Waals surface area (Å²) < 4.78 is 58.6. The normalized spacial score (nSPS) is 9.13. The molecule has 0 saturated heterocycles. The minimum Gasteiger partial charge on any atom is -0.870 e. The van der Waals surface area contributed by atoms with E-state index in [1.807, 2.05) is 5.43 Å². The first-order valence-corrected chi connectivity index (χ1v) is 9.93. The maximum atomic E-state index is 13.6. The van der Waals surface area contributed by atoms with Gasteiger partial charge in [0.2, 0.25) is 4.77 Å². The highest BCUT2D eigenvalue weighted by Gasteiger charge is 2.14. The summed E-state index contributed by atoms with van der Waals surface area (Å²) in [7, 11) is 1.14. The molecule has 1 amide bonds. The third-order valence-corrected chi connectivity index (χ3v) is 4.46. The van der Waals surface area contributed by atoms with Gasteiger partial charge in [-0.2, -0.15) is 10.5 Å².